The first-order chi connectivity index (χ1) is 9.24. The van der Waals surface area contributed by atoms with E-state index in [0.717, 1.165) is 37.4 Å². The lowest BCUT2D eigenvalue weighted by molar-refractivity contribution is -0.121. The first kappa shape index (κ1) is 17.3. The second-order valence-electron chi connectivity index (χ2n) is 5.08. The fourth-order valence-electron chi connectivity index (χ4n) is 2.40. The van der Waals surface area contributed by atoms with Crippen LogP contribution in [0, 0.1) is 0 Å². The molecule has 0 spiro atoms. The molecule has 1 aliphatic rings. The number of aryl methyl sites for hydroxylation is 1. The Hall–Kier alpha value is -0.770. The fourth-order valence-corrected chi connectivity index (χ4v) is 2.52. The average molecular weight is 317 g/mol. The quantitative estimate of drug-likeness (QED) is 0.792. The van der Waals surface area contributed by atoms with Crippen molar-refractivity contribution in [3.63, 3.8) is 0 Å². The van der Waals surface area contributed by atoms with Gasteiger partial charge in [-0.05, 0) is 49.9 Å². The molecule has 2 N–H and O–H groups in total. The highest BCUT2D eigenvalue weighted by Crippen LogP contribution is 2.11. The Bertz CT molecular complexity index is 403. The van der Waals surface area contributed by atoms with Crippen LogP contribution in [0.5, 0.6) is 0 Å². The SMILES string of the molecule is Cl.O=C(CC1CCCN1)NCCCc1ccc(Cl)cc1. The molecule has 0 aromatic heterocycles. The Balaban J connectivity index is 0.00000200. The Morgan fingerprint density at radius 1 is 1.35 bits per heavy atom. The number of benzene rings is 1. The molecule has 1 unspecified atom stereocenters. The molecule has 1 heterocycles. The highest BCUT2D eigenvalue weighted by atomic mass is 35.5. The van der Waals surface area contributed by atoms with Crippen LogP contribution in [-0.4, -0.2) is 25.0 Å². The number of nitrogens with one attached hydrogen (secondary N) is 2. The third-order valence-corrected chi connectivity index (χ3v) is 3.72. The largest absolute Gasteiger partial charge is 0.356 e. The molecular formula is C15H22Cl2N2O. The standard InChI is InChI=1S/C15H21ClN2O.ClH/c16-13-7-5-12(6-8-13)3-1-10-18-15(19)11-14-4-2-9-17-14;/h5-8,14,17H,1-4,9-11H2,(H,18,19);1H. The van der Waals surface area contributed by atoms with Gasteiger partial charge in [-0.15, -0.1) is 12.4 Å². The topological polar surface area (TPSA) is 41.1 Å². The van der Waals surface area contributed by atoms with Crippen LogP contribution in [0.4, 0.5) is 0 Å². The van der Waals surface area contributed by atoms with Gasteiger partial charge in [-0.25, -0.2) is 0 Å². The number of rotatable bonds is 6. The number of hydrogen-bond acceptors (Lipinski definition) is 2. The van der Waals surface area contributed by atoms with E-state index < -0.39 is 0 Å². The van der Waals surface area contributed by atoms with Gasteiger partial charge in [-0.3, -0.25) is 4.79 Å². The molecule has 5 heteroatoms. The van der Waals surface area contributed by atoms with Crippen molar-refractivity contribution in [3.05, 3.63) is 34.9 Å². The predicted molar refractivity (Wildman–Crippen MR) is 85.7 cm³/mol. The minimum atomic E-state index is 0. The lowest BCUT2D eigenvalue weighted by Gasteiger charge is -2.10. The minimum Gasteiger partial charge on any atom is -0.356 e. The maximum absolute atomic E-state index is 11.7. The molecule has 20 heavy (non-hydrogen) atoms. The normalized spacial score (nSPS) is 17.6. The molecule has 1 atom stereocenters. The predicted octanol–water partition coefficient (Wildman–Crippen LogP) is 2.95. The molecule has 2 rings (SSSR count). The molecule has 0 bridgehead atoms. The van der Waals surface area contributed by atoms with Crippen LogP contribution >= 0.6 is 24.0 Å². The summed E-state index contributed by atoms with van der Waals surface area (Å²) < 4.78 is 0. The van der Waals surface area contributed by atoms with Crippen LogP contribution in [0.1, 0.15) is 31.2 Å². The van der Waals surface area contributed by atoms with Crippen LogP contribution < -0.4 is 10.6 Å². The molecule has 1 aliphatic heterocycles. The number of carbonyl (C=O) groups is 1. The van der Waals surface area contributed by atoms with Crippen LogP contribution in [0.15, 0.2) is 24.3 Å². The van der Waals surface area contributed by atoms with Gasteiger partial charge in [-0.2, -0.15) is 0 Å². The van der Waals surface area contributed by atoms with Crippen molar-refractivity contribution >= 4 is 29.9 Å². The van der Waals surface area contributed by atoms with Crippen molar-refractivity contribution in [2.24, 2.45) is 0 Å². The molecule has 1 aromatic carbocycles. The van der Waals surface area contributed by atoms with E-state index in [1.807, 2.05) is 24.3 Å². The molecule has 3 nitrogen and oxygen atoms in total. The van der Waals surface area contributed by atoms with Crippen LogP contribution in [0.25, 0.3) is 0 Å². The van der Waals surface area contributed by atoms with Gasteiger partial charge in [0, 0.05) is 24.0 Å². The Labute approximate surface area is 131 Å². The van der Waals surface area contributed by atoms with E-state index in [9.17, 15) is 4.79 Å². The summed E-state index contributed by atoms with van der Waals surface area (Å²) in [6, 6.07) is 8.26. The van der Waals surface area contributed by atoms with E-state index in [-0.39, 0.29) is 18.3 Å². The van der Waals surface area contributed by atoms with Crippen LogP contribution in [-0.2, 0) is 11.2 Å². The molecule has 0 aliphatic carbocycles. The van der Waals surface area contributed by atoms with Gasteiger partial charge in [0.05, 0.1) is 0 Å². The van der Waals surface area contributed by atoms with E-state index in [0.29, 0.717) is 12.5 Å². The summed E-state index contributed by atoms with van der Waals surface area (Å²) >= 11 is 5.83. The number of carbonyl (C=O) groups excluding carboxylic acids is 1. The van der Waals surface area contributed by atoms with Crippen molar-refractivity contribution < 1.29 is 4.79 Å². The zero-order valence-electron chi connectivity index (χ0n) is 11.5. The lowest BCUT2D eigenvalue weighted by Crippen LogP contribution is -2.32. The molecule has 1 fully saturated rings. The maximum atomic E-state index is 11.7. The molecular weight excluding hydrogens is 295 g/mol. The average Bonchev–Trinajstić information content (AvgIpc) is 2.89. The summed E-state index contributed by atoms with van der Waals surface area (Å²) in [4.78, 5) is 11.7. The summed E-state index contributed by atoms with van der Waals surface area (Å²) in [6.45, 7) is 1.79. The minimum absolute atomic E-state index is 0. The highest BCUT2D eigenvalue weighted by molar-refractivity contribution is 6.30. The number of hydrogen-bond donors (Lipinski definition) is 2. The van der Waals surface area contributed by atoms with Crippen molar-refractivity contribution in [2.45, 2.75) is 38.1 Å². The Morgan fingerprint density at radius 3 is 2.75 bits per heavy atom. The Morgan fingerprint density at radius 2 is 2.10 bits per heavy atom. The molecule has 1 amide bonds. The van der Waals surface area contributed by atoms with Gasteiger partial charge in [0.25, 0.3) is 0 Å². The van der Waals surface area contributed by atoms with E-state index in [4.69, 9.17) is 11.6 Å². The van der Waals surface area contributed by atoms with Crippen molar-refractivity contribution in [3.8, 4) is 0 Å². The first-order valence-electron chi connectivity index (χ1n) is 6.98. The third-order valence-electron chi connectivity index (χ3n) is 3.47. The van der Waals surface area contributed by atoms with Crippen molar-refractivity contribution in [2.75, 3.05) is 13.1 Å². The van der Waals surface area contributed by atoms with Gasteiger partial charge < -0.3 is 10.6 Å². The monoisotopic (exact) mass is 316 g/mol. The molecule has 0 radical (unpaired) electrons. The summed E-state index contributed by atoms with van der Waals surface area (Å²) in [5, 5.41) is 7.09. The first-order valence-corrected chi connectivity index (χ1v) is 7.36. The van der Waals surface area contributed by atoms with Gasteiger partial charge in [-0.1, -0.05) is 23.7 Å². The zero-order chi connectivity index (χ0) is 13.5. The van der Waals surface area contributed by atoms with Crippen LogP contribution in [0.3, 0.4) is 0 Å². The highest BCUT2D eigenvalue weighted by Gasteiger charge is 2.16. The number of amides is 1. The second kappa shape index (κ2) is 9.22. The summed E-state index contributed by atoms with van der Waals surface area (Å²) in [5.74, 6) is 0.163. The summed E-state index contributed by atoms with van der Waals surface area (Å²) in [7, 11) is 0. The van der Waals surface area contributed by atoms with Gasteiger partial charge in [0.2, 0.25) is 5.91 Å². The van der Waals surface area contributed by atoms with E-state index in [2.05, 4.69) is 10.6 Å². The molecule has 1 saturated heterocycles. The second-order valence-corrected chi connectivity index (χ2v) is 5.51. The van der Waals surface area contributed by atoms with Gasteiger partial charge >= 0.3 is 0 Å². The van der Waals surface area contributed by atoms with Crippen molar-refractivity contribution in [1.82, 2.24) is 10.6 Å². The molecule has 1 aromatic rings. The van der Waals surface area contributed by atoms with Gasteiger partial charge in [0.15, 0.2) is 0 Å². The van der Waals surface area contributed by atoms with E-state index in [1.54, 1.807) is 0 Å². The van der Waals surface area contributed by atoms with Crippen LogP contribution in [0.2, 0.25) is 5.02 Å². The van der Waals surface area contributed by atoms with E-state index >= 15 is 0 Å². The van der Waals surface area contributed by atoms with Crippen molar-refractivity contribution in [1.29, 1.82) is 0 Å². The summed E-state index contributed by atoms with van der Waals surface area (Å²) in [6.07, 6.45) is 4.86. The smallest absolute Gasteiger partial charge is 0.221 e. The lowest BCUT2D eigenvalue weighted by atomic mass is 10.1. The summed E-state index contributed by atoms with van der Waals surface area (Å²) in [5.41, 5.74) is 1.26. The maximum Gasteiger partial charge on any atom is 0.221 e. The third kappa shape index (κ3) is 6.12. The molecule has 0 saturated carbocycles. The zero-order valence-corrected chi connectivity index (χ0v) is 13.1. The molecule has 112 valence electrons. The Kier molecular flexibility index (Phi) is 7.97. The van der Waals surface area contributed by atoms with E-state index in [1.165, 1.54) is 12.0 Å². The number of halogens is 2. The van der Waals surface area contributed by atoms with Gasteiger partial charge in [0.1, 0.15) is 0 Å². The fraction of sp³-hybridized carbons (Fsp3) is 0.533.